The molecule has 14 nitrogen and oxygen atoms in total. The lowest BCUT2D eigenvalue weighted by Crippen LogP contribution is -2.54. The van der Waals surface area contributed by atoms with Gasteiger partial charge in [-0.05, 0) is 19.3 Å². The molecule has 0 unspecified atom stereocenters. The van der Waals surface area contributed by atoms with Crippen LogP contribution in [0.2, 0.25) is 0 Å². The average molecular weight is 417 g/mol. The van der Waals surface area contributed by atoms with E-state index in [1.807, 2.05) is 0 Å². The molecule has 0 spiro atoms. The van der Waals surface area contributed by atoms with Gasteiger partial charge in [-0.15, -0.1) is 0 Å². The summed E-state index contributed by atoms with van der Waals surface area (Å²) in [5.41, 5.74) is 20.8. The first-order chi connectivity index (χ1) is 13.4. The fourth-order valence-corrected chi connectivity index (χ4v) is 2.15. The van der Waals surface area contributed by atoms with Crippen LogP contribution in [-0.2, 0) is 24.0 Å². The summed E-state index contributed by atoms with van der Waals surface area (Å²) >= 11 is 0. The zero-order valence-electron chi connectivity index (χ0n) is 15.7. The molecule has 0 aliphatic rings. The number of hydrogen-bond acceptors (Lipinski definition) is 7. The number of aliphatic imine (C=N–C) groups is 1. The second-order valence-electron chi connectivity index (χ2n) is 6.12. The molecule has 0 bridgehead atoms. The summed E-state index contributed by atoms with van der Waals surface area (Å²) in [5, 5.41) is 22.4. The Hall–Kier alpha value is -3.42. The molecule has 0 fully saturated rings. The Kier molecular flexibility index (Phi) is 11.4. The molecule has 3 atom stereocenters. The first kappa shape index (κ1) is 25.6. The SMILES string of the molecule is NC(=O)CC[C@H](NC(=O)[C@@H](N)CC(=O)O)C(=O)N[C@@H](CCCN=C(N)N)C(=O)O. The minimum absolute atomic E-state index is 0.00708. The largest absolute Gasteiger partial charge is 0.481 e. The van der Waals surface area contributed by atoms with Gasteiger partial charge in [0, 0.05) is 13.0 Å². The third kappa shape index (κ3) is 11.8. The molecule has 14 heteroatoms. The minimum atomic E-state index is -1.44. The third-order valence-electron chi connectivity index (χ3n) is 3.60. The van der Waals surface area contributed by atoms with Gasteiger partial charge in [0.15, 0.2) is 5.96 Å². The summed E-state index contributed by atoms with van der Waals surface area (Å²) in [6.45, 7) is 0.147. The fraction of sp³-hybridized carbons (Fsp3) is 0.600. The van der Waals surface area contributed by atoms with Crippen molar-refractivity contribution in [1.82, 2.24) is 10.6 Å². The van der Waals surface area contributed by atoms with Crippen molar-refractivity contribution in [3.05, 3.63) is 0 Å². The normalized spacial score (nSPS) is 13.4. The highest BCUT2D eigenvalue weighted by Crippen LogP contribution is 2.04. The van der Waals surface area contributed by atoms with Gasteiger partial charge in [-0.25, -0.2) is 4.79 Å². The highest BCUT2D eigenvalue weighted by Gasteiger charge is 2.28. The molecule has 0 rings (SSSR count). The smallest absolute Gasteiger partial charge is 0.326 e. The molecule has 164 valence electrons. The van der Waals surface area contributed by atoms with Gasteiger partial charge in [0.05, 0.1) is 12.5 Å². The molecule has 0 aromatic rings. The number of carbonyl (C=O) groups is 5. The number of hydrogen-bond donors (Lipinski definition) is 8. The number of carbonyl (C=O) groups excluding carboxylic acids is 3. The van der Waals surface area contributed by atoms with E-state index in [9.17, 15) is 29.1 Å². The van der Waals surface area contributed by atoms with Crippen LogP contribution in [0.15, 0.2) is 4.99 Å². The number of nitrogens with zero attached hydrogens (tertiary/aromatic N) is 1. The van der Waals surface area contributed by atoms with Crippen molar-refractivity contribution in [3.8, 4) is 0 Å². The van der Waals surface area contributed by atoms with Crippen molar-refractivity contribution in [2.75, 3.05) is 6.54 Å². The van der Waals surface area contributed by atoms with E-state index in [1.165, 1.54) is 0 Å². The first-order valence-corrected chi connectivity index (χ1v) is 8.58. The number of primary amides is 1. The van der Waals surface area contributed by atoms with E-state index in [4.69, 9.17) is 28.0 Å². The van der Waals surface area contributed by atoms with Crippen LogP contribution in [-0.4, -0.2) is 70.5 Å². The number of nitrogens with two attached hydrogens (primary N) is 4. The number of amides is 3. The van der Waals surface area contributed by atoms with Crippen LogP contribution >= 0.6 is 0 Å². The summed E-state index contributed by atoms with van der Waals surface area (Å²) in [4.78, 5) is 61.1. The van der Waals surface area contributed by atoms with Crippen LogP contribution in [0, 0.1) is 0 Å². The van der Waals surface area contributed by atoms with Gasteiger partial charge in [0.25, 0.3) is 0 Å². The van der Waals surface area contributed by atoms with E-state index >= 15 is 0 Å². The zero-order chi connectivity index (χ0) is 22.6. The molecule has 0 saturated carbocycles. The number of aliphatic carboxylic acids is 2. The predicted molar refractivity (Wildman–Crippen MR) is 100 cm³/mol. The maximum Gasteiger partial charge on any atom is 0.326 e. The van der Waals surface area contributed by atoms with Crippen molar-refractivity contribution < 1.29 is 34.2 Å². The monoisotopic (exact) mass is 417 g/mol. The van der Waals surface area contributed by atoms with E-state index in [-0.39, 0.29) is 38.2 Å². The van der Waals surface area contributed by atoms with Gasteiger partial charge in [0.2, 0.25) is 17.7 Å². The maximum atomic E-state index is 12.4. The standard InChI is InChI=1S/C15H27N7O7/c16-7(6-11(24)25)12(26)21-8(3-4-10(17)23)13(27)22-9(14(28)29)2-1-5-20-15(18)19/h7-9H,1-6,16H2,(H2,17,23)(H,21,26)(H,22,27)(H,24,25)(H,28,29)(H4,18,19,20)/t7-,8-,9-/m0/s1. The highest BCUT2D eigenvalue weighted by atomic mass is 16.4. The van der Waals surface area contributed by atoms with Gasteiger partial charge in [-0.2, -0.15) is 0 Å². The van der Waals surface area contributed by atoms with E-state index in [2.05, 4.69) is 15.6 Å². The molecule has 12 N–H and O–H groups in total. The van der Waals surface area contributed by atoms with Crippen LogP contribution in [0.3, 0.4) is 0 Å². The van der Waals surface area contributed by atoms with Gasteiger partial charge in [-0.1, -0.05) is 0 Å². The molecular formula is C15H27N7O7. The Morgan fingerprint density at radius 3 is 1.97 bits per heavy atom. The number of carboxylic acids is 2. The molecular weight excluding hydrogens is 390 g/mol. The number of carboxylic acid groups (broad SMARTS) is 2. The fourth-order valence-electron chi connectivity index (χ4n) is 2.15. The van der Waals surface area contributed by atoms with E-state index < -0.39 is 54.2 Å². The van der Waals surface area contributed by atoms with Crippen LogP contribution in [0.25, 0.3) is 0 Å². The van der Waals surface area contributed by atoms with Crippen molar-refractivity contribution >= 4 is 35.6 Å². The summed E-state index contributed by atoms with van der Waals surface area (Å²) < 4.78 is 0. The quantitative estimate of drug-likeness (QED) is 0.0774. The summed E-state index contributed by atoms with van der Waals surface area (Å²) in [6, 6.07) is -4.09. The van der Waals surface area contributed by atoms with Crippen molar-refractivity contribution in [2.45, 2.75) is 50.2 Å². The highest BCUT2D eigenvalue weighted by molar-refractivity contribution is 5.93. The zero-order valence-corrected chi connectivity index (χ0v) is 15.7. The van der Waals surface area contributed by atoms with Gasteiger partial charge >= 0.3 is 11.9 Å². The summed E-state index contributed by atoms with van der Waals surface area (Å²) in [7, 11) is 0. The molecule has 0 aromatic carbocycles. The van der Waals surface area contributed by atoms with Crippen molar-refractivity contribution in [3.63, 3.8) is 0 Å². The summed E-state index contributed by atoms with van der Waals surface area (Å²) in [5.74, 6) is -5.40. The van der Waals surface area contributed by atoms with Crippen LogP contribution in [0.4, 0.5) is 0 Å². The molecule has 0 saturated heterocycles. The molecule has 0 radical (unpaired) electrons. The van der Waals surface area contributed by atoms with E-state index in [1.54, 1.807) is 0 Å². The molecule has 0 aliphatic heterocycles. The van der Waals surface area contributed by atoms with Gasteiger partial charge < -0.3 is 43.8 Å². The Balaban J connectivity index is 5.07. The number of rotatable bonds is 14. The Morgan fingerprint density at radius 1 is 0.897 bits per heavy atom. The summed E-state index contributed by atoms with van der Waals surface area (Å²) in [6.07, 6.45) is -0.954. The second-order valence-corrected chi connectivity index (χ2v) is 6.12. The minimum Gasteiger partial charge on any atom is -0.481 e. The lowest BCUT2D eigenvalue weighted by atomic mass is 10.1. The molecule has 0 aromatic heterocycles. The Bertz CT molecular complexity index is 649. The van der Waals surface area contributed by atoms with E-state index in [0.717, 1.165) is 0 Å². The van der Waals surface area contributed by atoms with Gasteiger partial charge in [0.1, 0.15) is 12.1 Å². The lowest BCUT2D eigenvalue weighted by Gasteiger charge is -2.22. The lowest BCUT2D eigenvalue weighted by molar-refractivity contribution is -0.143. The molecule has 3 amide bonds. The molecule has 29 heavy (non-hydrogen) atoms. The number of guanidine groups is 1. The van der Waals surface area contributed by atoms with Gasteiger partial charge in [-0.3, -0.25) is 24.2 Å². The Labute approximate surface area is 166 Å². The maximum absolute atomic E-state index is 12.4. The first-order valence-electron chi connectivity index (χ1n) is 8.58. The predicted octanol–water partition coefficient (Wildman–Crippen LogP) is -3.84. The van der Waals surface area contributed by atoms with Crippen molar-refractivity contribution in [1.29, 1.82) is 0 Å². The second kappa shape index (κ2) is 12.9. The topological polar surface area (TPSA) is 266 Å². The molecule has 0 heterocycles. The van der Waals surface area contributed by atoms with E-state index in [0.29, 0.717) is 0 Å². The van der Waals surface area contributed by atoms with Crippen LogP contribution in [0.5, 0.6) is 0 Å². The van der Waals surface area contributed by atoms with Crippen LogP contribution in [0.1, 0.15) is 32.1 Å². The molecule has 0 aliphatic carbocycles. The average Bonchev–Trinajstić information content (AvgIpc) is 2.59. The number of nitrogens with one attached hydrogen (secondary N) is 2. The Morgan fingerprint density at radius 2 is 1.48 bits per heavy atom. The van der Waals surface area contributed by atoms with Crippen LogP contribution < -0.4 is 33.6 Å². The van der Waals surface area contributed by atoms with Crippen molar-refractivity contribution in [2.24, 2.45) is 27.9 Å². The third-order valence-corrected chi connectivity index (χ3v) is 3.60.